The summed E-state index contributed by atoms with van der Waals surface area (Å²) in [4.78, 5) is 14.7. The molecule has 1 fully saturated rings. The van der Waals surface area contributed by atoms with Crippen LogP contribution in [0, 0.1) is 5.92 Å². The Morgan fingerprint density at radius 3 is 2.62 bits per heavy atom. The van der Waals surface area contributed by atoms with Gasteiger partial charge >= 0.3 is 0 Å². The van der Waals surface area contributed by atoms with Gasteiger partial charge in [-0.05, 0) is 50.0 Å². The summed E-state index contributed by atoms with van der Waals surface area (Å²) in [6.07, 6.45) is 3.87. The number of hydrogen-bond donors (Lipinski definition) is 1. The van der Waals surface area contributed by atoms with E-state index in [4.69, 9.17) is 11.6 Å². The maximum Gasteiger partial charge on any atom is 0.251 e. The number of rotatable bonds is 5. The van der Waals surface area contributed by atoms with E-state index in [2.05, 4.69) is 24.1 Å². The summed E-state index contributed by atoms with van der Waals surface area (Å²) in [5, 5.41) is 3.66. The van der Waals surface area contributed by atoms with Gasteiger partial charge in [0.2, 0.25) is 0 Å². The zero-order valence-electron chi connectivity index (χ0n) is 12.9. The summed E-state index contributed by atoms with van der Waals surface area (Å²) in [7, 11) is 0. The lowest BCUT2D eigenvalue weighted by Gasteiger charge is -2.37. The highest BCUT2D eigenvalue weighted by Crippen LogP contribution is 2.17. The molecule has 0 aromatic heterocycles. The SMILES string of the molecule is CC(C)C(CNC(=O)c1cccc(Cl)c1)N1CCCCC1. The van der Waals surface area contributed by atoms with Gasteiger partial charge < -0.3 is 5.32 Å². The van der Waals surface area contributed by atoms with Crippen molar-refractivity contribution in [1.82, 2.24) is 10.2 Å². The van der Waals surface area contributed by atoms with Crippen LogP contribution in [0.3, 0.4) is 0 Å². The van der Waals surface area contributed by atoms with Crippen LogP contribution in [0.1, 0.15) is 43.5 Å². The number of benzene rings is 1. The zero-order valence-corrected chi connectivity index (χ0v) is 13.7. The molecule has 4 heteroatoms. The van der Waals surface area contributed by atoms with E-state index in [0.29, 0.717) is 29.1 Å². The molecule has 1 aromatic rings. The number of nitrogens with zero attached hydrogens (tertiary/aromatic N) is 1. The number of carbonyl (C=O) groups excluding carboxylic acids is 1. The molecule has 1 atom stereocenters. The molecule has 1 heterocycles. The van der Waals surface area contributed by atoms with Gasteiger partial charge in [0.15, 0.2) is 0 Å². The number of amides is 1. The lowest BCUT2D eigenvalue weighted by atomic mass is 9.99. The third kappa shape index (κ3) is 4.72. The number of piperidine rings is 1. The quantitative estimate of drug-likeness (QED) is 0.901. The highest BCUT2D eigenvalue weighted by Gasteiger charge is 2.23. The molecule has 0 saturated carbocycles. The van der Waals surface area contributed by atoms with Gasteiger partial charge in [-0.15, -0.1) is 0 Å². The van der Waals surface area contributed by atoms with Crippen LogP contribution in [0.25, 0.3) is 0 Å². The summed E-state index contributed by atoms with van der Waals surface area (Å²) < 4.78 is 0. The summed E-state index contributed by atoms with van der Waals surface area (Å²) in [6.45, 7) is 7.45. The van der Waals surface area contributed by atoms with Crippen LogP contribution < -0.4 is 5.32 Å². The van der Waals surface area contributed by atoms with Gasteiger partial charge in [-0.3, -0.25) is 9.69 Å². The minimum atomic E-state index is -0.0415. The molecule has 21 heavy (non-hydrogen) atoms. The van der Waals surface area contributed by atoms with E-state index >= 15 is 0 Å². The Morgan fingerprint density at radius 2 is 2.00 bits per heavy atom. The second-order valence-electron chi connectivity index (χ2n) is 6.13. The number of nitrogens with one attached hydrogen (secondary N) is 1. The van der Waals surface area contributed by atoms with Gasteiger partial charge in [-0.2, -0.15) is 0 Å². The summed E-state index contributed by atoms with van der Waals surface area (Å²) >= 11 is 5.94. The van der Waals surface area contributed by atoms with Crippen LogP contribution in [0.2, 0.25) is 5.02 Å². The number of carbonyl (C=O) groups is 1. The minimum Gasteiger partial charge on any atom is -0.350 e. The van der Waals surface area contributed by atoms with Gasteiger partial charge in [-0.1, -0.05) is 37.9 Å². The smallest absolute Gasteiger partial charge is 0.251 e. The number of halogens is 1. The molecule has 1 amide bonds. The average molecular weight is 309 g/mol. The molecule has 1 aliphatic rings. The van der Waals surface area contributed by atoms with E-state index in [0.717, 1.165) is 13.1 Å². The average Bonchev–Trinajstić information content (AvgIpc) is 2.48. The van der Waals surface area contributed by atoms with Gasteiger partial charge in [0.1, 0.15) is 0 Å². The van der Waals surface area contributed by atoms with E-state index in [1.165, 1.54) is 19.3 Å². The monoisotopic (exact) mass is 308 g/mol. The highest BCUT2D eigenvalue weighted by atomic mass is 35.5. The van der Waals surface area contributed by atoms with Gasteiger partial charge in [0, 0.05) is 23.2 Å². The van der Waals surface area contributed by atoms with Gasteiger partial charge in [0.05, 0.1) is 0 Å². The van der Waals surface area contributed by atoms with Crippen LogP contribution in [0.15, 0.2) is 24.3 Å². The maximum atomic E-state index is 12.2. The van der Waals surface area contributed by atoms with E-state index in [-0.39, 0.29) is 5.91 Å². The van der Waals surface area contributed by atoms with Crippen molar-refractivity contribution in [3.05, 3.63) is 34.9 Å². The third-order valence-electron chi connectivity index (χ3n) is 4.19. The minimum absolute atomic E-state index is 0.0415. The number of likely N-dealkylation sites (tertiary alicyclic amines) is 1. The Labute approximate surface area is 132 Å². The fraction of sp³-hybridized carbons (Fsp3) is 0.588. The Bertz CT molecular complexity index is 470. The normalized spacial score (nSPS) is 17.7. The van der Waals surface area contributed by atoms with E-state index in [9.17, 15) is 4.79 Å². The van der Waals surface area contributed by atoms with Crippen molar-refractivity contribution >= 4 is 17.5 Å². The molecule has 1 saturated heterocycles. The zero-order chi connectivity index (χ0) is 15.2. The first-order valence-electron chi connectivity index (χ1n) is 7.85. The predicted molar refractivity (Wildman–Crippen MR) is 87.8 cm³/mol. The van der Waals surface area contributed by atoms with Crippen molar-refractivity contribution in [2.24, 2.45) is 5.92 Å². The van der Waals surface area contributed by atoms with Crippen LogP contribution in [-0.4, -0.2) is 36.5 Å². The molecular formula is C17H25ClN2O. The van der Waals surface area contributed by atoms with Crippen molar-refractivity contribution in [1.29, 1.82) is 0 Å². The molecule has 2 rings (SSSR count). The van der Waals surface area contributed by atoms with Crippen LogP contribution >= 0.6 is 11.6 Å². The van der Waals surface area contributed by atoms with Crippen molar-refractivity contribution in [2.45, 2.75) is 39.2 Å². The summed E-state index contributed by atoms with van der Waals surface area (Å²) in [5.41, 5.74) is 0.628. The molecule has 0 bridgehead atoms. The van der Waals surface area contributed by atoms with Gasteiger partial charge in [-0.25, -0.2) is 0 Å². The highest BCUT2D eigenvalue weighted by molar-refractivity contribution is 6.30. The second kappa shape index (κ2) is 7.81. The van der Waals surface area contributed by atoms with E-state index < -0.39 is 0 Å². The second-order valence-corrected chi connectivity index (χ2v) is 6.56. The first kappa shape index (κ1) is 16.3. The topological polar surface area (TPSA) is 32.3 Å². The molecule has 0 radical (unpaired) electrons. The Morgan fingerprint density at radius 1 is 1.29 bits per heavy atom. The van der Waals surface area contributed by atoms with Crippen LogP contribution in [0.5, 0.6) is 0 Å². The van der Waals surface area contributed by atoms with Crippen molar-refractivity contribution in [2.75, 3.05) is 19.6 Å². The molecule has 0 spiro atoms. The Kier molecular flexibility index (Phi) is 6.07. The van der Waals surface area contributed by atoms with Gasteiger partial charge in [0.25, 0.3) is 5.91 Å². The Hall–Kier alpha value is -1.06. The molecule has 3 nitrogen and oxygen atoms in total. The van der Waals surface area contributed by atoms with Crippen LogP contribution in [-0.2, 0) is 0 Å². The third-order valence-corrected chi connectivity index (χ3v) is 4.42. The molecule has 1 aromatic carbocycles. The molecule has 1 N–H and O–H groups in total. The van der Waals surface area contributed by atoms with Crippen LogP contribution in [0.4, 0.5) is 0 Å². The standard InChI is InChI=1S/C17H25ClN2O/c1-13(2)16(20-9-4-3-5-10-20)12-19-17(21)14-7-6-8-15(18)11-14/h6-8,11,13,16H,3-5,9-10,12H2,1-2H3,(H,19,21). The largest absolute Gasteiger partial charge is 0.350 e. The predicted octanol–water partition coefficient (Wildman–Crippen LogP) is 3.58. The molecule has 1 unspecified atom stereocenters. The van der Waals surface area contributed by atoms with E-state index in [1.54, 1.807) is 18.2 Å². The summed E-state index contributed by atoms with van der Waals surface area (Å²) in [6, 6.07) is 7.51. The molecule has 0 aliphatic carbocycles. The molecule has 116 valence electrons. The van der Waals surface area contributed by atoms with E-state index in [1.807, 2.05) is 6.07 Å². The lowest BCUT2D eigenvalue weighted by Crippen LogP contribution is -2.48. The lowest BCUT2D eigenvalue weighted by molar-refractivity contribution is 0.0895. The van der Waals surface area contributed by atoms with Crippen molar-refractivity contribution in [3.8, 4) is 0 Å². The first-order valence-corrected chi connectivity index (χ1v) is 8.23. The maximum absolute atomic E-state index is 12.2. The Balaban J connectivity index is 1.93. The fourth-order valence-electron chi connectivity index (χ4n) is 2.97. The first-order chi connectivity index (χ1) is 10.1. The van der Waals surface area contributed by atoms with Crippen molar-refractivity contribution < 1.29 is 4.79 Å². The fourth-order valence-corrected chi connectivity index (χ4v) is 3.16. The van der Waals surface area contributed by atoms with Crippen molar-refractivity contribution in [3.63, 3.8) is 0 Å². The summed E-state index contributed by atoms with van der Waals surface area (Å²) in [5.74, 6) is 0.489. The molecule has 1 aliphatic heterocycles. The number of hydrogen-bond acceptors (Lipinski definition) is 2. The molecular weight excluding hydrogens is 284 g/mol.